The lowest BCUT2D eigenvalue weighted by molar-refractivity contribution is 0.0605. The van der Waals surface area contributed by atoms with E-state index in [1.165, 1.54) is 31.3 Å². The van der Waals surface area contributed by atoms with Gasteiger partial charge in [-0.15, -0.1) is 11.3 Å². The monoisotopic (exact) mass is 452 g/mol. The van der Waals surface area contributed by atoms with Crippen molar-refractivity contribution in [1.29, 1.82) is 0 Å². The van der Waals surface area contributed by atoms with E-state index in [1.807, 2.05) is 25.1 Å². The van der Waals surface area contributed by atoms with Crippen LogP contribution in [0.15, 0.2) is 22.7 Å². The standard InChI is InChI=1S/C20H25BrN2O3S/c1-12-14(8-9-22-12)5-4-10-26-17-7-6-15(11-16(17)21)19-23-13(2)18(27-19)20(24)25-3/h6-7,11-12,14,22H,4-5,8-10H2,1-3H3. The summed E-state index contributed by atoms with van der Waals surface area (Å²) in [5, 5.41) is 4.29. The van der Waals surface area contributed by atoms with Crippen LogP contribution in [0.3, 0.4) is 0 Å². The van der Waals surface area contributed by atoms with Crippen molar-refractivity contribution in [2.75, 3.05) is 20.3 Å². The second kappa shape index (κ2) is 9.17. The summed E-state index contributed by atoms with van der Waals surface area (Å²) in [6, 6.07) is 6.53. The lowest BCUT2D eigenvalue weighted by atomic mass is 9.97. The quantitative estimate of drug-likeness (QED) is 0.481. The maximum atomic E-state index is 11.8. The lowest BCUT2D eigenvalue weighted by Crippen LogP contribution is -2.23. The zero-order chi connectivity index (χ0) is 19.4. The predicted octanol–water partition coefficient (Wildman–Crippen LogP) is 4.82. The summed E-state index contributed by atoms with van der Waals surface area (Å²) < 4.78 is 11.6. The highest BCUT2D eigenvalue weighted by Gasteiger charge is 2.22. The first-order valence-electron chi connectivity index (χ1n) is 9.21. The van der Waals surface area contributed by atoms with Crippen molar-refractivity contribution < 1.29 is 14.3 Å². The Morgan fingerprint density at radius 1 is 1.44 bits per heavy atom. The molecule has 0 amide bonds. The van der Waals surface area contributed by atoms with Gasteiger partial charge in [-0.05, 0) is 79.7 Å². The molecule has 0 spiro atoms. The first kappa shape index (κ1) is 20.3. The van der Waals surface area contributed by atoms with Gasteiger partial charge in [0.05, 0.1) is 23.9 Å². The van der Waals surface area contributed by atoms with E-state index < -0.39 is 0 Å². The summed E-state index contributed by atoms with van der Waals surface area (Å²) in [4.78, 5) is 16.8. The summed E-state index contributed by atoms with van der Waals surface area (Å²) >= 11 is 4.93. The summed E-state index contributed by atoms with van der Waals surface area (Å²) in [7, 11) is 1.38. The molecule has 1 aliphatic rings. The van der Waals surface area contributed by atoms with Gasteiger partial charge in [0.25, 0.3) is 0 Å². The number of ether oxygens (including phenoxy) is 2. The summed E-state index contributed by atoms with van der Waals surface area (Å²) in [6.07, 6.45) is 3.51. The molecule has 2 unspecified atom stereocenters. The smallest absolute Gasteiger partial charge is 0.349 e. The minimum absolute atomic E-state index is 0.345. The molecule has 0 saturated carbocycles. The fourth-order valence-electron chi connectivity index (χ4n) is 3.39. The van der Waals surface area contributed by atoms with E-state index in [9.17, 15) is 4.79 Å². The van der Waals surface area contributed by atoms with Crippen LogP contribution in [0.2, 0.25) is 0 Å². The zero-order valence-electron chi connectivity index (χ0n) is 15.9. The Balaban J connectivity index is 1.59. The fraction of sp³-hybridized carbons (Fsp3) is 0.500. The molecule has 0 bridgehead atoms. The van der Waals surface area contributed by atoms with Gasteiger partial charge >= 0.3 is 5.97 Å². The molecule has 27 heavy (non-hydrogen) atoms. The van der Waals surface area contributed by atoms with Crippen LogP contribution < -0.4 is 10.1 Å². The Hall–Kier alpha value is -1.44. The molecular formula is C20H25BrN2O3S. The van der Waals surface area contributed by atoms with E-state index in [-0.39, 0.29) is 5.97 Å². The number of aromatic nitrogens is 1. The summed E-state index contributed by atoms with van der Waals surface area (Å²) in [6.45, 7) is 5.93. The highest BCUT2D eigenvalue weighted by atomic mass is 79.9. The molecule has 1 aromatic heterocycles. The van der Waals surface area contributed by atoms with Crippen LogP contribution in [0.1, 0.15) is 41.6 Å². The van der Waals surface area contributed by atoms with Crippen LogP contribution in [0.5, 0.6) is 5.75 Å². The van der Waals surface area contributed by atoms with Crippen LogP contribution in [0.25, 0.3) is 10.6 Å². The van der Waals surface area contributed by atoms with Gasteiger partial charge in [0, 0.05) is 11.6 Å². The van der Waals surface area contributed by atoms with E-state index in [0.29, 0.717) is 23.2 Å². The molecule has 2 atom stereocenters. The number of halogens is 1. The van der Waals surface area contributed by atoms with Crippen molar-refractivity contribution in [1.82, 2.24) is 10.3 Å². The molecule has 1 saturated heterocycles. The molecule has 1 N–H and O–H groups in total. The van der Waals surface area contributed by atoms with Gasteiger partial charge in [-0.2, -0.15) is 0 Å². The van der Waals surface area contributed by atoms with Gasteiger partial charge in [0.1, 0.15) is 15.6 Å². The predicted molar refractivity (Wildman–Crippen MR) is 112 cm³/mol. The van der Waals surface area contributed by atoms with E-state index in [0.717, 1.165) is 39.7 Å². The molecule has 7 heteroatoms. The van der Waals surface area contributed by atoms with Gasteiger partial charge in [0.2, 0.25) is 0 Å². The third kappa shape index (κ3) is 4.89. The Morgan fingerprint density at radius 3 is 2.93 bits per heavy atom. The maximum Gasteiger partial charge on any atom is 0.349 e. The summed E-state index contributed by atoms with van der Waals surface area (Å²) in [5.74, 6) is 1.25. The number of esters is 1. The molecule has 0 aliphatic carbocycles. The van der Waals surface area contributed by atoms with Gasteiger partial charge in [-0.1, -0.05) is 0 Å². The number of carbonyl (C=O) groups excluding carboxylic acids is 1. The topological polar surface area (TPSA) is 60.5 Å². The minimum Gasteiger partial charge on any atom is -0.492 e. The highest BCUT2D eigenvalue weighted by Crippen LogP contribution is 2.34. The van der Waals surface area contributed by atoms with Gasteiger partial charge in [0.15, 0.2) is 0 Å². The van der Waals surface area contributed by atoms with Crippen molar-refractivity contribution in [3.8, 4) is 16.3 Å². The van der Waals surface area contributed by atoms with Crippen LogP contribution in [0, 0.1) is 12.8 Å². The molecular weight excluding hydrogens is 428 g/mol. The number of aryl methyl sites for hydroxylation is 1. The Kier molecular flexibility index (Phi) is 6.89. The molecule has 1 aromatic carbocycles. The van der Waals surface area contributed by atoms with Crippen molar-refractivity contribution in [2.45, 2.75) is 39.2 Å². The second-order valence-electron chi connectivity index (χ2n) is 6.85. The number of nitrogens with one attached hydrogen (secondary N) is 1. The van der Waals surface area contributed by atoms with Crippen molar-refractivity contribution in [3.05, 3.63) is 33.2 Å². The number of rotatable bonds is 7. The lowest BCUT2D eigenvalue weighted by Gasteiger charge is -2.15. The third-order valence-corrected chi connectivity index (χ3v) is 6.82. The number of benzene rings is 1. The van der Waals surface area contributed by atoms with E-state index in [4.69, 9.17) is 9.47 Å². The highest BCUT2D eigenvalue weighted by molar-refractivity contribution is 9.10. The van der Waals surface area contributed by atoms with E-state index in [2.05, 4.69) is 33.2 Å². The average Bonchev–Trinajstić information content (AvgIpc) is 3.24. The van der Waals surface area contributed by atoms with Gasteiger partial charge < -0.3 is 14.8 Å². The zero-order valence-corrected chi connectivity index (χ0v) is 18.3. The molecule has 0 radical (unpaired) electrons. The minimum atomic E-state index is -0.345. The normalized spacial score (nSPS) is 19.3. The van der Waals surface area contributed by atoms with Crippen LogP contribution >= 0.6 is 27.3 Å². The summed E-state index contributed by atoms with van der Waals surface area (Å²) in [5.41, 5.74) is 1.64. The SMILES string of the molecule is COC(=O)c1sc(-c2ccc(OCCCC3CCNC3C)c(Br)c2)nc1C. The van der Waals surface area contributed by atoms with Crippen LogP contribution in [-0.4, -0.2) is 37.3 Å². The number of nitrogens with zero attached hydrogens (tertiary/aromatic N) is 1. The number of thiazole rings is 1. The van der Waals surface area contributed by atoms with Gasteiger partial charge in [-0.25, -0.2) is 9.78 Å². The molecule has 5 nitrogen and oxygen atoms in total. The van der Waals surface area contributed by atoms with E-state index >= 15 is 0 Å². The van der Waals surface area contributed by atoms with Crippen molar-refractivity contribution in [2.24, 2.45) is 5.92 Å². The van der Waals surface area contributed by atoms with E-state index in [1.54, 1.807) is 0 Å². The number of methoxy groups -OCH3 is 1. The van der Waals surface area contributed by atoms with Crippen LogP contribution in [0.4, 0.5) is 0 Å². The molecule has 1 fully saturated rings. The molecule has 146 valence electrons. The third-order valence-electron chi connectivity index (χ3n) is 5.01. The average molecular weight is 453 g/mol. The first-order chi connectivity index (χ1) is 13.0. The molecule has 2 aromatic rings. The van der Waals surface area contributed by atoms with Gasteiger partial charge in [-0.3, -0.25) is 0 Å². The number of hydrogen-bond acceptors (Lipinski definition) is 6. The van der Waals surface area contributed by atoms with Crippen LogP contribution in [-0.2, 0) is 4.74 Å². The molecule has 1 aliphatic heterocycles. The van der Waals surface area contributed by atoms with Crippen molar-refractivity contribution in [3.63, 3.8) is 0 Å². The Bertz CT molecular complexity index is 809. The largest absolute Gasteiger partial charge is 0.492 e. The maximum absolute atomic E-state index is 11.8. The van der Waals surface area contributed by atoms with Crippen molar-refractivity contribution >= 4 is 33.2 Å². The number of hydrogen-bond donors (Lipinski definition) is 1. The molecule has 3 rings (SSSR count). The Labute approximate surface area is 172 Å². The first-order valence-corrected chi connectivity index (χ1v) is 10.8. The fourth-order valence-corrected chi connectivity index (χ4v) is 4.86. The number of carbonyl (C=O) groups is 1. The molecule has 2 heterocycles. The Morgan fingerprint density at radius 2 is 2.26 bits per heavy atom. The second-order valence-corrected chi connectivity index (χ2v) is 8.71.